The van der Waals surface area contributed by atoms with Crippen molar-refractivity contribution in [3.8, 4) is 6.07 Å². The summed E-state index contributed by atoms with van der Waals surface area (Å²) in [5, 5.41) is 9.73. The lowest BCUT2D eigenvalue weighted by molar-refractivity contribution is -0.139. The molecule has 4 heteroatoms. The van der Waals surface area contributed by atoms with Crippen molar-refractivity contribution in [1.29, 1.82) is 5.26 Å². The molecule has 1 aliphatic heterocycles. The molecular formula is C12H20N2OS. The van der Waals surface area contributed by atoms with Gasteiger partial charge in [0.05, 0.1) is 6.07 Å². The first-order valence-corrected chi connectivity index (χ1v) is 6.96. The van der Waals surface area contributed by atoms with Gasteiger partial charge in [-0.3, -0.25) is 4.79 Å². The maximum Gasteiger partial charge on any atom is 0.243 e. The van der Waals surface area contributed by atoms with Crippen LogP contribution in [-0.4, -0.2) is 34.9 Å². The van der Waals surface area contributed by atoms with Gasteiger partial charge in [-0.25, -0.2) is 0 Å². The number of nitriles is 1. The molecule has 1 unspecified atom stereocenters. The molecule has 16 heavy (non-hydrogen) atoms. The third kappa shape index (κ3) is 2.52. The number of carbonyl (C=O) groups excluding carboxylic acids is 1. The topological polar surface area (TPSA) is 44.1 Å². The summed E-state index contributed by atoms with van der Waals surface area (Å²) in [5.74, 6) is 1.02. The van der Waals surface area contributed by atoms with Gasteiger partial charge in [0.25, 0.3) is 0 Å². The fourth-order valence-corrected chi connectivity index (χ4v) is 3.08. The van der Waals surface area contributed by atoms with E-state index in [1.807, 2.05) is 30.5 Å². The molecule has 0 spiro atoms. The van der Waals surface area contributed by atoms with Gasteiger partial charge in [-0.15, -0.1) is 0 Å². The Balaban J connectivity index is 2.79. The molecule has 1 rings (SSSR count). The van der Waals surface area contributed by atoms with Crippen molar-refractivity contribution in [3.63, 3.8) is 0 Å². The fourth-order valence-electron chi connectivity index (χ4n) is 2.06. The molecule has 0 radical (unpaired) electrons. The average molecular weight is 240 g/mol. The van der Waals surface area contributed by atoms with Gasteiger partial charge in [0.15, 0.2) is 0 Å². The molecule has 1 heterocycles. The smallest absolute Gasteiger partial charge is 0.243 e. The second-order valence-electron chi connectivity index (χ2n) is 4.33. The summed E-state index contributed by atoms with van der Waals surface area (Å²) in [5.41, 5.74) is -0.790. The highest BCUT2D eigenvalue weighted by Gasteiger charge is 2.39. The van der Waals surface area contributed by atoms with E-state index in [0.717, 1.165) is 18.8 Å². The molecule has 0 bridgehead atoms. The molecule has 1 atom stereocenters. The lowest BCUT2D eigenvalue weighted by Crippen LogP contribution is -2.48. The maximum atomic E-state index is 12.4. The SMILES string of the molecule is CCC(C#N)(CC)C(=O)N1CCSC(C)C1. The molecule has 0 aromatic rings. The van der Waals surface area contributed by atoms with Crippen molar-refractivity contribution in [2.24, 2.45) is 5.41 Å². The summed E-state index contributed by atoms with van der Waals surface area (Å²) in [6.45, 7) is 7.56. The highest BCUT2D eigenvalue weighted by atomic mass is 32.2. The minimum absolute atomic E-state index is 0.0344. The molecule has 1 aliphatic rings. The van der Waals surface area contributed by atoms with Crippen molar-refractivity contribution in [2.45, 2.75) is 38.9 Å². The van der Waals surface area contributed by atoms with E-state index in [9.17, 15) is 10.1 Å². The molecule has 0 aliphatic carbocycles. The lowest BCUT2D eigenvalue weighted by atomic mass is 9.82. The number of thioether (sulfide) groups is 1. The predicted molar refractivity (Wildman–Crippen MR) is 67.1 cm³/mol. The minimum Gasteiger partial charge on any atom is -0.339 e. The zero-order valence-electron chi connectivity index (χ0n) is 10.3. The van der Waals surface area contributed by atoms with E-state index in [4.69, 9.17) is 0 Å². The number of carbonyl (C=O) groups is 1. The molecule has 0 N–H and O–H groups in total. The standard InChI is InChI=1S/C12H20N2OS/c1-4-12(5-2,9-13)11(15)14-6-7-16-10(3)8-14/h10H,4-8H2,1-3H3. The summed E-state index contributed by atoms with van der Waals surface area (Å²) >= 11 is 1.90. The lowest BCUT2D eigenvalue weighted by Gasteiger charge is -2.35. The second-order valence-corrected chi connectivity index (χ2v) is 5.88. The molecule has 1 amide bonds. The van der Waals surface area contributed by atoms with Gasteiger partial charge >= 0.3 is 0 Å². The van der Waals surface area contributed by atoms with Crippen LogP contribution in [0.15, 0.2) is 0 Å². The monoisotopic (exact) mass is 240 g/mol. The quantitative estimate of drug-likeness (QED) is 0.760. The van der Waals surface area contributed by atoms with Crippen molar-refractivity contribution in [1.82, 2.24) is 4.90 Å². The Bertz CT molecular complexity index is 294. The van der Waals surface area contributed by atoms with Crippen LogP contribution >= 0.6 is 11.8 Å². The largest absolute Gasteiger partial charge is 0.339 e. The van der Waals surface area contributed by atoms with Crippen molar-refractivity contribution in [3.05, 3.63) is 0 Å². The highest BCUT2D eigenvalue weighted by molar-refractivity contribution is 7.99. The van der Waals surface area contributed by atoms with Crippen LogP contribution in [0.5, 0.6) is 0 Å². The third-order valence-corrected chi connectivity index (χ3v) is 4.50. The van der Waals surface area contributed by atoms with E-state index >= 15 is 0 Å². The first kappa shape index (κ1) is 13.4. The van der Waals surface area contributed by atoms with E-state index in [0.29, 0.717) is 18.1 Å². The number of hydrogen-bond acceptors (Lipinski definition) is 3. The van der Waals surface area contributed by atoms with E-state index in [2.05, 4.69) is 13.0 Å². The average Bonchev–Trinajstić information content (AvgIpc) is 2.32. The van der Waals surface area contributed by atoms with Gasteiger partial charge in [0.1, 0.15) is 5.41 Å². The van der Waals surface area contributed by atoms with Crippen molar-refractivity contribution >= 4 is 17.7 Å². The Kier molecular flexibility index (Phi) is 4.67. The summed E-state index contributed by atoms with van der Waals surface area (Å²) in [6, 6.07) is 2.23. The second kappa shape index (κ2) is 5.58. The first-order valence-electron chi connectivity index (χ1n) is 5.92. The molecule has 90 valence electrons. The van der Waals surface area contributed by atoms with Gasteiger partial charge in [-0.05, 0) is 12.8 Å². The van der Waals surface area contributed by atoms with Crippen LogP contribution in [0.2, 0.25) is 0 Å². The molecule has 0 aromatic heterocycles. The van der Waals surface area contributed by atoms with E-state index in [-0.39, 0.29) is 5.91 Å². The van der Waals surface area contributed by atoms with Crippen LogP contribution in [0.3, 0.4) is 0 Å². The Morgan fingerprint density at radius 2 is 2.19 bits per heavy atom. The Morgan fingerprint density at radius 3 is 2.62 bits per heavy atom. The number of amides is 1. The zero-order valence-corrected chi connectivity index (χ0v) is 11.1. The number of rotatable bonds is 3. The minimum atomic E-state index is -0.790. The summed E-state index contributed by atoms with van der Waals surface area (Å²) < 4.78 is 0. The van der Waals surface area contributed by atoms with Gasteiger partial charge in [0, 0.05) is 24.1 Å². The van der Waals surface area contributed by atoms with Gasteiger partial charge in [-0.1, -0.05) is 20.8 Å². The third-order valence-electron chi connectivity index (χ3n) is 3.36. The van der Waals surface area contributed by atoms with Crippen molar-refractivity contribution < 1.29 is 4.79 Å². The van der Waals surface area contributed by atoms with Gasteiger partial charge in [-0.2, -0.15) is 17.0 Å². The Labute approximate surface area is 102 Å². The van der Waals surface area contributed by atoms with E-state index in [1.54, 1.807) is 0 Å². The molecule has 3 nitrogen and oxygen atoms in total. The molecule has 1 fully saturated rings. The maximum absolute atomic E-state index is 12.4. The first-order chi connectivity index (χ1) is 7.59. The molecular weight excluding hydrogens is 220 g/mol. The summed E-state index contributed by atoms with van der Waals surface area (Å²) in [6.07, 6.45) is 1.22. The number of hydrogen-bond donors (Lipinski definition) is 0. The molecule has 1 saturated heterocycles. The highest BCUT2D eigenvalue weighted by Crippen LogP contribution is 2.30. The van der Waals surface area contributed by atoms with Crippen LogP contribution in [0.4, 0.5) is 0 Å². The van der Waals surface area contributed by atoms with Crippen LogP contribution < -0.4 is 0 Å². The van der Waals surface area contributed by atoms with Crippen LogP contribution in [0.25, 0.3) is 0 Å². The van der Waals surface area contributed by atoms with Crippen LogP contribution in [0.1, 0.15) is 33.6 Å². The Morgan fingerprint density at radius 1 is 1.56 bits per heavy atom. The molecule has 0 aromatic carbocycles. The van der Waals surface area contributed by atoms with Crippen molar-refractivity contribution in [2.75, 3.05) is 18.8 Å². The zero-order chi connectivity index (χ0) is 12.2. The van der Waals surface area contributed by atoms with Gasteiger partial charge < -0.3 is 4.90 Å². The fraction of sp³-hybridized carbons (Fsp3) is 0.833. The van der Waals surface area contributed by atoms with E-state index in [1.165, 1.54) is 0 Å². The van der Waals surface area contributed by atoms with E-state index < -0.39 is 5.41 Å². The normalized spacial score (nSPS) is 21.6. The Hall–Kier alpha value is -0.690. The number of nitrogens with zero attached hydrogens (tertiary/aromatic N) is 2. The van der Waals surface area contributed by atoms with Crippen LogP contribution in [-0.2, 0) is 4.79 Å². The molecule has 0 saturated carbocycles. The van der Waals surface area contributed by atoms with Crippen LogP contribution in [0, 0.1) is 16.7 Å². The van der Waals surface area contributed by atoms with Gasteiger partial charge in [0.2, 0.25) is 5.91 Å². The summed E-state index contributed by atoms with van der Waals surface area (Å²) in [7, 11) is 0. The predicted octanol–water partition coefficient (Wildman–Crippen LogP) is 2.28. The summed E-state index contributed by atoms with van der Waals surface area (Å²) in [4.78, 5) is 14.2.